The Morgan fingerprint density at radius 1 is 1.33 bits per heavy atom. The molecule has 0 aliphatic heterocycles. The number of benzene rings is 1. The van der Waals surface area contributed by atoms with Gasteiger partial charge in [0.05, 0.1) is 12.1 Å². The lowest BCUT2D eigenvalue weighted by Gasteiger charge is -2.23. The fraction of sp³-hybridized carbons (Fsp3) is 0.375. The number of amides is 1. The van der Waals surface area contributed by atoms with E-state index in [1.807, 2.05) is 19.2 Å². The van der Waals surface area contributed by atoms with Crippen LogP contribution in [0.15, 0.2) is 29.6 Å². The zero-order chi connectivity index (χ0) is 15.5. The van der Waals surface area contributed by atoms with Crippen LogP contribution in [0.2, 0.25) is 0 Å². The van der Waals surface area contributed by atoms with Gasteiger partial charge in [0.25, 0.3) is 0 Å². The first-order valence-corrected chi connectivity index (χ1v) is 7.80. The predicted octanol–water partition coefficient (Wildman–Crippen LogP) is 2.51. The predicted molar refractivity (Wildman–Crippen MR) is 87.3 cm³/mol. The highest BCUT2D eigenvalue weighted by Gasteiger charge is 2.19. The number of hydrogen-bond donors (Lipinski definition) is 2. The van der Waals surface area contributed by atoms with Gasteiger partial charge in [-0.25, -0.2) is 4.98 Å². The topological polar surface area (TPSA) is 68.0 Å². The van der Waals surface area contributed by atoms with Gasteiger partial charge in [0.1, 0.15) is 5.01 Å². The van der Waals surface area contributed by atoms with Crippen molar-refractivity contribution in [2.24, 2.45) is 5.73 Å². The molecule has 1 heterocycles. The molecule has 1 aromatic carbocycles. The van der Waals surface area contributed by atoms with Crippen LogP contribution in [-0.4, -0.2) is 23.0 Å². The Hall–Kier alpha value is -1.72. The van der Waals surface area contributed by atoms with Crippen LogP contribution in [0, 0.1) is 6.92 Å². The Balaban J connectivity index is 2.03. The standard InChI is InChI=1S/C16H21N3OS/c1-11-4-6-12(7-5-11)15-18-13(9-21-15)8-14(20)19-16(2,3)10-17/h4-7,9H,8,10,17H2,1-3H3,(H,19,20). The van der Waals surface area contributed by atoms with Crippen LogP contribution in [0.3, 0.4) is 0 Å². The maximum Gasteiger partial charge on any atom is 0.226 e. The number of aryl methyl sites for hydroxylation is 1. The van der Waals surface area contributed by atoms with Crippen LogP contribution >= 0.6 is 11.3 Å². The van der Waals surface area contributed by atoms with Crippen molar-refractivity contribution in [3.63, 3.8) is 0 Å². The van der Waals surface area contributed by atoms with Gasteiger partial charge in [-0.15, -0.1) is 11.3 Å². The van der Waals surface area contributed by atoms with E-state index in [0.29, 0.717) is 6.54 Å². The van der Waals surface area contributed by atoms with Gasteiger partial charge < -0.3 is 11.1 Å². The van der Waals surface area contributed by atoms with Crippen molar-refractivity contribution < 1.29 is 4.79 Å². The third-order valence-corrected chi connectivity index (χ3v) is 4.12. The second-order valence-corrected chi connectivity index (χ2v) is 6.68. The molecule has 0 saturated carbocycles. The first-order chi connectivity index (χ1) is 9.89. The lowest BCUT2D eigenvalue weighted by Crippen LogP contribution is -2.49. The van der Waals surface area contributed by atoms with Crippen molar-refractivity contribution in [1.82, 2.24) is 10.3 Å². The molecule has 21 heavy (non-hydrogen) atoms. The molecule has 0 atom stereocenters. The molecule has 5 heteroatoms. The number of nitrogens with one attached hydrogen (secondary N) is 1. The van der Waals surface area contributed by atoms with Crippen molar-refractivity contribution in [2.75, 3.05) is 6.54 Å². The van der Waals surface area contributed by atoms with E-state index < -0.39 is 0 Å². The SMILES string of the molecule is Cc1ccc(-c2nc(CC(=O)NC(C)(C)CN)cs2)cc1. The van der Waals surface area contributed by atoms with E-state index in [1.54, 1.807) is 11.3 Å². The van der Waals surface area contributed by atoms with Crippen LogP contribution in [0.4, 0.5) is 0 Å². The van der Waals surface area contributed by atoms with Crippen molar-refractivity contribution in [1.29, 1.82) is 0 Å². The molecule has 0 radical (unpaired) electrons. The van der Waals surface area contributed by atoms with E-state index in [0.717, 1.165) is 16.3 Å². The lowest BCUT2D eigenvalue weighted by atomic mass is 10.1. The summed E-state index contributed by atoms with van der Waals surface area (Å²) in [6.45, 7) is 6.28. The molecule has 4 nitrogen and oxygen atoms in total. The van der Waals surface area contributed by atoms with Crippen LogP contribution in [-0.2, 0) is 11.2 Å². The van der Waals surface area contributed by atoms with Crippen LogP contribution in [0.5, 0.6) is 0 Å². The number of thiazole rings is 1. The summed E-state index contributed by atoms with van der Waals surface area (Å²) in [5.41, 5.74) is 8.33. The maximum absolute atomic E-state index is 12.0. The Bertz CT molecular complexity index is 617. The molecule has 0 unspecified atom stereocenters. The zero-order valence-corrected chi connectivity index (χ0v) is 13.5. The molecule has 1 aromatic heterocycles. The summed E-state index contributed by atoms with van der Waals surface area (Å²) in [5, 5.41) is 5.79. The molecule has 0 saturated heterocycles. The van der Waals surface area contributed by atoms with E-state index in [2.05, 4.69) is 41.5 Å². The van der Waals surface area contributed by atoms with E-state index in [4.69, 9.17) is 5.73 Å². The molecule has 0 aliphatic carbocycles. The van der Waals surface area contributed by atoms with Gasteiger partial charge in [-0.2, -0.15) is 0 Å². The number of nitrogens with zero attached hydrogens (tertiary/aromatic N) is 1. The first kappa shape index (κ1) is 15.7. The van der Waals surface area contributed by atoms with Gasteiger partial charge >= 0.3 is 0 Å². The third kappa shape index (κ3) is 4.37. The van der Waals surface area contributed by atoms with Gasteiger partial charge in [0, 0.05) is 23.0 Å². The van der Waals surface area contributed by atoms with E-state index in [1.165, 1.54) is 5.56 Å². The highest BCUT2D eigenvalue weighted by atomic mass is 32.1. The zero-order valence-electron chi connectivity index (χ0n) is 12.6. The molecule has 0 spiro atoms. The fourth-order valence-electron chi connectivity index (χ4n) is 1.85. The minimum atomic E-state index is -0.382. The number of carbonyl (C=O) groups is 1. The molecule has 112 valence electrons. The molecule has 0 fully saturated rings. The third-order valence-electron chi connectivity index (χ3n) is 3.18. The first-order valence-electron chi connectivity index (χ1n) is 6.92. The van der Waals surface area contributed by atoms with Crippen molar-refractivity contribution >= 4 is 17.2 Å². The summed E-state index contributed by atoms with van der Waals surface area (Å²) in [7, 11) is 0. The summed E-state index contributed by atoms with van der Waals surface area (Å²) >= 11 is 1.56. The Morgan fingerprint density at radius 3 is 2.62 bits per heavy atom. The Morgan fingerprint density at radius 2 is 2.00 bits per heavy atom. The number of carbonyl (C=O) groups excluding carboxylic acids is 1. The Kier molecular flexibility index (Phi) is 4.75. The van der Waals surface area contributed by atoms with Gasteiger partial charge in [0.15, 0.2) is 0 Å². The Labute approximate surface area is 129 Å². The van der Waals surface area contributed by atoms with Gasteiger partial charge in [-0.3, -0.25) is 4.79 Å². The molecular formula is C16H21N3OS. The molecule has 2 rings (SSSR count). The monoisotopic (exact) mass is 303 g/mol. The normalized spacial score (nSPS) is 11.4. The summed E-state index contributed by atoms with van der Waals surface area (Å²) in [5.74, 6) is -0.0498. The molecule has 3 N–H and O–H groups in total. The van der Waals surface area contributed by atoms with Crippen molar-refractivity contribution in [3.05, 3.63) is 40.9 Å². The molecule has 2 aromatic rings. The largest absolute Gasteiger partial charge is 0.350 e. The number of rotatable bonds is 5. The van der Waals surface area contributed by atoms with Gasteiger partial charge in [0.2, 0.25) is 5.91 Å². The fourth-order valence-corrected chi connectivity index (χ4v) is 2.68. The van der Waals surface area contributed by atoms with E-state index >= 15 is 0 Å². The summed E-state index contributed by atoms with van der Waals surface area (Å²) in [6, 6.07) is 8.23. The second-order valence-electron chi connectivity index (χ2n) is 5.82. The second kappa shape index (κ2) is 6.37. The molecule has 0 aliphatic rings. The molecule has 1 amide bonds. The highest BCUT2D eigenvalue weighted by Crippen LogP contribution is 2.24. The quantitative estimate of drug-likeness (QED) is 0.892. The van der Waals surface area contributed by atoms with Crippen molar-refractivity contribution in [2.45, 2.75) is 32.7 Å². The lowest BCUT2D eigenvalue weighted by molar-refractivity contribution is -0.121. The average Bonchev–Trinajstić information content (AvgIpc) is 2.87. The molecular weight excluding hydrogens is 282 g/mol. The van der Waals surface area contributed by atoms with Crippen LogP contribution < -0.4 is 11.1 Å². The molecule has 0 bridgehead atoms. The average molecular weight is 303 g/mol. The highest BCUT2D eigenvalue weighted by molar-refractivity contribution is 7.13. The van der Waals surface area contributed by atoms with Gasteiger partial charge in [-0.1, -0.05) is 29.8 Å². The minimum absolute atomic E-state index is 0.0498. The number of aromatic nitrogens is 1. The maximum atomic E-state index is 12.0. The number of nitrogens with two attached hydrogens (primary N) is 1. The van der Waals surface area contributed by atoms with Gasteiger partial charge in [-0.05, 0) is 20.8 Å². The van der Waals surface area contributed by atoms with E-state index in [9.17, 15) is 4.79 Å². The minimum Gasteiger partial charge on any atom is -0.350 e. The summed E-state index contributed by atoms with van der Waals surface area (Å²) < 4.78 is 0. The number of hydrogen-bond acceptors (Lipinski definition) is 4. The van der Waals surface area contributed by atoms with Crippen LogP contribution in [0.1, 0.15) is 25.1 Å². The summed E-state index contributed by atoms with van der Waals surface area (Å²) in [6.07, 6.45) is 0.284. The summed E-state index contributed by atoms with van der Waals surface area (Å²) in [4.78, 5) is 16.5. The smallest absolute Gasteiger partial charge is 0.226 e. The van der Waals surface area contributed by atoms with Crippen LogP contribution in [0.25, 0.3) is 10.6 Å². The van der Waals surface area contributed by atoms with Crippen molar-refractivity contribution in [3.8, 4) is 10.6 Å². The van der Waals surface area contributed by atoms with E-state index in [-0.39, 0.29) is 17.9 Å².